The first-order valence-electron chi connectivity index (χ1n) is 7.97. The predicted molar refractivity (Wildman–Crippen MR) is 83.8 cm³/mol. The maximum atomic E-state index is 4.58. The van der Waals surface area contributed by atoms with E-state index in [4.69, 9.17) is 0 Å². The number of nitrogens with zero attached hydrogens (tertiary/aromatic N) is 3. The third-order valence-electron chi connectivity index (χ3n) is 4.20. The molecule has 0 spiro atoms. The largest absolute Gasteiger partial charge is 0.309 e. The molecular formula is C16H30N4. The van der Waals surface area contributed by atoms with Crippen LogP contribution in [0.3, 0.4) is 0 Å². The number of hydrogen-bond acceptors (Lipinski definition) is 3. The highest BCUT2D eigenvalue weighted by atomic mass is 15.3. The molecule has 1 aliphatic rings. The van der Waals surface area contributed by atoms with Gasteiger partial charge in [0.15, 0.2) is 0 Å². The van der Waals surface area contributed by atoms with Gasteiger partial charge in [0.05, 0.1) is 11.4 Å². The molecule has 4 heteroatoms. The summed E-state index contributed by atoms with van der Waals surface area (Å²) >= 11 is 0. The van der Waals surface area contributed by atoms with Gasteiger partial charge >= 0.3 is 0 Å². The standard InChI is InChI=1S/C16H30N4/c1-6-8-14-10-17-16(4,5)12-19(14)11-15-9-13(3)18-20(15)7-2/h9,14,17H,6-8,10-12H2,1-5H3. The van der Waals surface area contributed by atoms with Crippen molar-refractivity contribution in [1.82, 2.24) is 20.0 Å². The summed E-state index contributed by atoms with van der Waals surface area (Å²) in [6.45, 7) is 15.3. The zero-order valence-electron chi connectivity index (χ0n) is 13.7. The van der Waals surface area contributed by atoms with E-state index in [2.05, 4.69) is 60.7 Å². The summed E-state index contributed by atoms with van der Waals surface area (Å²) in [5, 5.41) is 8.26. The van der Waals surface area contributed by atoms with Crippen molar-refractivity contribution >= 4 is 0 Å². The Morgan fingerprint density at radius 3 is 2.80 bits per heavy atom. The lowest BCUT2D eigenvalue weighted by Crippen LogP contribution is -2.61. The predicted octanol–water partition coefficient (Wildman–Crippen LogP) is 2.56. The molecule has 0 bridgehead atoms. The summed E-state index contributed by atoms with van der Waals surface area (Å²) in [6, 6.07) is 2.88. The monoisotopic (exact) mass is 278 g/mol. The van der Waals surface area contributed by atoms with Gasteiger partial charge in [0.1, 0.15) is 0 Å². The lowest BCUT2D eigenvalue weighted by molar-refractivity contribution is 0.0801. The smallest absolute Gasteiger partial charge is 0.0597 e. The van der Waals surface area contributed by atoms with Gasteiger partial charge in [-0.3, -0.25) is 9.58 Å². The van der Waals surface area contributed by atoms with Gasteiger partial charge in [-0.2, -0.15) is 5.10 Å². The second-order valence-electron chi connectivity index (χ2n) is 6.71. The lowest BCUT2D eigenvalue weighted by Gasteiger charge is -2.44. The maximum Gasteiger partial charge on any atom is 0.0597 e. The van der Waals surface area contributed by atoms with Crippen LogP contribution in [0.25, 0.3) is 0 Å². The van der Waals surface area contributed by atoms with Crippen molar-refractivity contribution in [3.63, 3.8) is 0 Å². The number of rotatable bonds is 5. The Morgan fingerprint density at radius 1 is 1.40 bits per heavy atom. The highest BCUT2D eigenvalue weighted by Crippen LogP contribution is 2.21. The Balaban J connectivity index is 2.13. The second kappa shape index (κ2) is 6.27. The molecule has 0 radical (unpaired) electrons. The van der Waals surface area contributed by atoms with Crippen LogP contribution in [0.4, 0.5) is 0 Å². The van der Waals surface area contributed by atoms with Crippen LogP contribution < -0.4 is 5.32 Å². The highest BCUT2D eigenvalue weighted by Gasteiger charge is 2.32. The van der Waals surface area contributed by atoms with Gasteiger partial charge in [-0.1, -0.05) is 13.3 Å². The minimum atomic E-state index is 0.205. The van der Waals surface area contributed by atoms with Crippen LogP contribution in [0.5, 0.6) is 0 Å². The molecule has 1 saturated heterocycles. The highest BCUT2D eigenvalue weighted by molar-refractivity contribution is 5.10. The molecule has 1 aliphatic heterocycles. The van der Waals surface area contributed by atoms with E-state index in [-0.39, 0.29) is 5.54 Å². The van der Waals surface area contributed by atoms with E-state index in [9.17, 15) is 0 Å². The molecule has 1 aromatic heterocycles. The summed E-state index contributed by atoms with van der Waals surface area (Å²) in [6.07, 6.45) is 2.51. The molecule has 1 atom stereocenters. The fourth-order valence-corrected chi connectivity index (χ4v) is 3.23. The van der Waals surface area contributed by atoms with E-state index >= 15 is 0 Å². The van der Waals surface area contributed by atoms with E-state index < -0.39 is 0 Å². The van der Waals surface area contributed by atoms with Gasteiger partial charge in [0.2, 0.25) is 0 Å². The van der Waals surface area contributed by atoms with Crippen molar-refractivity contribution in [3.05, 3.63) is 17.5 Å². The zero-order valence-corrected chi connectivity index (χ0v) is 13.7. The van der Waals surface area contributed by atoms with Crippen LogP contribution in [0.15, 0.2) is 6.07 Å². The molecule has 1 unspecified atom stereocenters. The quantitative estimate of drug-likeness (QED) is 0.898. The van der Waals surface area contributed by atoms with Gasteiger partial charge in [0.25, 0.3) is 0 Å². The van der Waals surface area contributed by atoms with Gasteiger partial charge in [0, 0.05) is 37.8 Å². The van der Waals surface area contributed by atoms with E-state index in [0.29, 0.717) is 6.04 Å². The molecule has 0 aromatic carbocycles. The van der Waals surface area contributed by atoms with Crippen LogP contribution >= 0.6 is 0 Å². The molecule has 0 amide bonds. The topological polar surface area (TPSA) is 33.1 Å². The molecular weight excluding hydrogens is 248 g/mol. The van der Waals surface area contributed by atoms with Crippen molar-refractivity contribution < 1.29 is 0 Å². The van der Waals surface area contributed by atoms with Crippen LogP contribution in [0, 0.1) is 6.92 Å². The second-order valence-corrected chi connectivity index (χ2v) is 6.71. The van der Waals surface area contributed by atoms with Gasteiger partial charge in [-0.25, -0.2) is 0 Å². The summed E-state index contributed by atoms with van der Waals surface area (Å²) < 4.78 is 2.15. The van der Waals surface area contributed by atoms with Crippen molar-refractivity contribution in [2.45, 2.75) is 72.1 Å². The molecule has 0 saturated carbocycles. The number of hydrogen-bond donors (Lipinski definition) is 1. The number of aromatic nitrogens is 2. The van der Waals surface area contributed by atoms with Gasteiger partial charge in [-0.15, -0.1) is 0 Å². The Kier molecular flexibility index (Phi) is 4.86. The summed E-state index contributed by atoms with van der Waals surface area (Å²) in [7, 11) is 0. The van der Waals surface area contributed by atoms with Crippen molar-refractivity contribution in [1.29, 1.82) is 0 Å². The van der Waals surface area contributed by atoms with Crippen molar-refractivity contribution in [2.24, 2.45) is 0 Å². The third kappa shape index (κ3) is 3.61. The van der Waals surface area contributed by atoms with E-state index in [1.54, 1.807) is 0 Å². The molecule has 4 nitrogen and oxygen atoms in total. The van der Waals surface area contributed by atoms with Crippen molar-refractivity contribution in [3.8, 4) is 0 Å². The van der Waals surface area contributed by atoms with Crippen LogP contribution in [-0.2, 0) is 13.1 Å². The first-order valence-corrected chi connectivity index (χ1v) is 7.97. The normalized spacial score (nSPS) is 23.1. The fourth-order valence-electron chi connectivity index (χ4n) is 3.23. The van der Waals surface area contributed by atoms with E-state index in [1.165, 1.54) is 18.5 Å². The first-order chi connectivity index (χ1) is 9.45. The van der Waals surface area contributed by atoms with E-state index in [0.717, 1.165) is 31.9 Å². The molecule has 0 aliphatic carbocycles. The molecule has 2 heterocycles. The summed E-state index contributed by atoms with van der Waals surface area (Å²) in [4.78, 5) is 2.64. The van der Waals surface area contributed by atoms with Crippen LogP contribution in [-0.4, -0.2) is 39.4 Å². The SMILES string of the molecule is CCCC1CNC(C)(C)CN1Cc1cc(C)nn1CC. The number of aryl methyl sites for hydroxylation is 2. The van der Waals surface area contributed by atoms with Crippen LogP contribution in [0.2, 0.25) is 0 Å². The molecule has 114 valence electrons. The minimum Gasteiger partial charge on any atom is -0.309 e. The molecule has 1 fully saturated rings. The molecule has 20 heavy (non-hydrogen) atoms. The lowest BCUT2D eigenvalue weighted by atomic mass is 9.96. The van der Waals surface area contributed by atoms with Crippen molar-refractivity contribution in [2.75, 3.05) is 13.1 Å². The Bertz CT molecular complexity index is 436. The van der Waals surface area contributed by atoms with Crippen LogP contribution in [0.1, 0.15) is 51.9 Å². The molecule has 1 N–H and O–H groups in total. The van der Waals surface area contributed by atoms with Gasteiger partial charge in [-0.05, 0) is 40.2 Å². The van der Waals surface area contributed by atoms with E-state index in [1.807, 2.05) is 0 Å². The Hall–Kier alpha value is -0.870. The average molecular weight is 278 g/mol. The first kappa shape index (κ1) is 15.5. The summed E-state index contributed by atoms with van der Waals surface area (Å²) in [5.74, 6) is 0. The summed E-state index contributed by atoms with van der Waals surface area (Å²) in [5.41, 5.74) is 2.68. The van der Waals surface area contributed by atoms with Gasteiger partial charge < -0.3 is 5.32 Å². The molecule has 2 rings (SSSR count). The minimum absolute atomic E-state index is 0.205. The Labute approximate surface area is 123 Å². The Morgan fingerprint density at radius 2 is 2.15 bits per heavy atom. The molecule has 1 aromatic rings. The number of nitrogens with one attached hydrogen (secondary N) is 1. The zero-order chi connectivity index (χ0) is 14.8. The average Bonchev–Trinajstić information content (AvgIpc) is 2.72. The number of piperazine rings is 1. The fraction of sp³-hybridized carbons (Fsp3) is 0.812. The third-order valence-corrected chi connectivity index (χ3v) is 4.20. The maximum absolute atomic E-state index is 4.58.